The summed E-state index contributed by atoms with van der Waals surface area (Å²) in [5.74, 6) is 0.553. The fourth-order valence-electron chi connectivity index (χ4n) is 1.55. The third kappa shape index (κ3) is 2.95. The zero-order valence-corrected chi connectivity index (χ0v) is 10.0. The van der Waals surface area contributed by atoms with Crippen LogP contribution in [-0.2, 0) is 17.9 Å². The van der Waals surface area contributed by atoms with Gasteiger partial charge >= 0.3 is 0 Å². The maximum atomic E-state index is 11.7. The third-order valence-electron chi connectivity index (χ3n) is 2.45. The molecule has 7 heteroatoms. The van der Waals surface area contributed by atoms with Crippen molar-refractivity contribution in [2.45, 2.75) is 26.1 Å². The first-order chi connectivity index (χ1) is 8.69. The molecule has 2 aromatic heterocycles. The molecule has 0 aliphatic rings. The van der Waals surface area contributed by atoms with Crippen LogP contribution in [0, 0.1) is 0 Å². The maximum Gasteiger partial charge on any atom is 0.242 e. The van der Waals surface area contributed by atoms with Gasteiger partial charge in [0.15, 0.2) is 0 Å². The Hall–Kier alpha value is -2.15. The van der Waals surface area contributed by atoms with Gasteiger partial charge in [-0.3, -0.25) is 4.79 Å². The summed E-state index contributed by atoms with van der Waals surface area (Å²) in [6.45, 7) is 2.27. The number of nitrogens with zero attached hydrogens (tertiary/aromatic N) is 3. The zero-order valence-electron chi connectivity index (χ0n) is 10.0. The molecule has 1 atom stereocenters. The van der Waals surface area contributed by atoms with Crippen LogP contribution in [0.15, 0.2) is 29.0 Å². The van der Waals surface area contributed by atoms with Crippen molar-refractivity contribution in [3.8, 4) is 0 Å². The maximum absolute atomic E-state index is 11.7. The summed E-state index contributed by atoms with van der Waals surface area (Å²) in [4.78, 5) is 11.7. The Bertz CT molecular complexity index is 505. The molecule has 0 unspecified atom stereocenters. The first-order valence-corrected chi connectivity index (χ1v) is 5.61. The summed E-state index contributed by atoms with van der Waals surface area (Å²) in [7, 11) is 0. The second kappa shape index (κ2) is 5.46. The molecule has 0 bridgehead atoms. The number of hydrogen-bond acceptors (Lipinski definition) is 5. The molecular weight excluding hydrogens is 234 g/mol. The van der Waals surface area contributed by atoms with Crippen molar-refractivity contribution in [3.63, 3.8) is 0 Å². The van der Waals surface area contributed by atoms with Gasteiger partial charge in [0.2, 0.25) is 5.91 Å². The van der Waals surface area contributed by atoms with E-state index in [-0.39, 0.29) is 18.5 Å². The number of nitrogens with two attached hydrogens (primary N) is 1. The Balaban J connectivity index is 1.88. The molecule has 7 nitrogen and oxygen atoms in total. The number of rotatable bonds is 5. The van der Waals surface area contributed by atoms with Gasteiger partial charge in [0.25, 0.3) is 0 Å². The Kier molecular flexibility index (Phi) is 3.73. The minimum Gasteiger partial charge on any atom is -0.467 e. The lowest BCUT2D eigenvalue weighted by molar-refractivity contribution is -0.122. The lowest BCUT2D eigenvalue weighted by Gasteiger charge is -2.10. The predicted octanol–water partition coefficient (Wildman–Crippen LogP) is 0.207. The number of carbonyl (C=O) groups is 1. The summed E-state index contributed by atoms with van der Waals surface area (Å²) in [5, 5.41) is 10.4. The molecule has 18 heavy (non-hydrogen) atoms. The molecule has 0 aromatic carbocycles. The van der Waals surface area contributed by atoms with Crippen molar-refractivity contribution >= 4 is 5.91 Å². The van der Waals surface area contributed by atoms with E-state index in [1.54, 1.807) is 18.5 Å². The molecule has 96 valence electrons. The number of amides is 1. The van der Waals surface area contributed by atoms with E-state index < -0.39 is 0 Å². The summed E-state index contributed by atoms with van der Waals surface area (Å²) < 4.78 is 6.65. The van der Waals surface area contributed by atoms with Crippen LogP contribution in [0.5, 0.6) is 0 Å². The van der Waals surface area contributed by atoms with Gasteiger partial charge in [-0.25, -0.2) is 4.68 Å². The molecule has 0 radical (unpaired) electrons. The molecule has 2 aromatic rings. The topological polar surface area (TPSA) is 99.0 Å². The van der Waals surface area contributed by atoms with E-state index in [4.69, 9.17) is 10.2 Å². The molecule has 2 rings (SSSR count). The highest BCUT2D eigenvalue weighted by Crippen LogP contribution is 2.11. The fourth-order valence-corrected chi connectivity index (χ4v) is 1.55. The van der Waals surface area contributed by atoms with Crippen molar-refractivity contribution in [2.75, 3.05) is 0 Å². The van der Waals surface area contributed by atoms with Crippen LogP contribution in [0.3, 0.4) is 0 Å². The standard InChI is InChI=1S/C11H15N5O2/c1-8(10-3-2-4-18-10)13-11(17)7-16-6-9(5-12)14-15-16/h2-4,6,8H,5,7,12H2,1H3,(H,13,17)/t8-/m0/s1. The van der Waals surface area contributed by atoms with E-state index in [9.17, 15) is 4.79 Å². The van der Waals surface area contributed by atoms with E-state index in [1.807, 2.05) is 13.0 Å². The second-order valence-corrected chi connectivity index (χ2v) is 3.92. The van der Waals surface area contributed by atoms with Crippen LogP contribution in [0.25, 0.3) is 0 Å². The normalized spacial score (nSPS) is 12.3. The van der Waals surface area contributed by atoms with Crippen molar-refractivity contribution in [3.05, 3.63) is 36.0 Å². The third-order valence-corrected chi connectivity index (χ3v) is 2.45. The Morgan fingerprint density at radius 2 is 2.50 bits per heavy atom. The summed E-state index contributed by atoms with van der Waals surface area (Å²) >= 11 is 0. The molecule has 0 aliphatic heterocycles. The largest absolute Gasteiger partial charge is 0.467 e. The van der Waals surface area contributed by atoms with Crippen LogP contribution < -0.4 is 11.1 Å². The van der Waals surface area contributed by atoms with Crippen molar-refractivity contribution in [2.24, 2.45) is 5.73 Å². The average Bonchev–Trinajstić information content (AvgIpc) is 2.98. The van der Waals surface area contributed by atoms with Crippen LogP contribution >= 0.6 is 0 Å². The number of nitrogens with one attached hydrogen (secondary N) is 1. The Labute approximate surface area is 104 Å². The summed E-state index contributed by atoms with van der Waals surface area (Å²) in [6.07, 6.45) is 3.22. The van der Waals surface area contributed by atoms with Crippen molar-refractivity contribution in [1.82, 2.24) is 20.3 Å². The SMILES string of the molecule is C[C@H](NC(=O)Cn1cc(CN)nn1)c1ccco1. The summed E-state index contributed by atoms with van der Waals surface area (Å²) in [5.41, 5.74) is 6.06. The number of hydrogen-bond donors (Lipinski definition) is 2. The molecule has 0 saturated carbocycles. The molecule has 2 heterocycles. The van der Waals surface area contributed by atoms with E-state index in [0.29, 0.717) is 18.0 Å². The van der Waals surface area contributed by atoms with E-state index in [0.717, 1.165) is 0 Å². The van der Waals surface area contributed by atoms with Crippen LogP contribution in [-0.4, -0.2) is 20.9 Å². The summed E-state index contributed by atoms with van der Waals surface area (Å²) in [6, 6.07) is 3.42. The highest BCUT2D eigenvalue weighted by Gasteiger charge is 2.12. The van der Waals surface area contributed by atoms with E-state index in [2.05, 4.69) is 15.6 Å². The minimum atomic E-state index is -0.176. The molecule has 3 N–H and O–H groups in total. The lowest BCUT2D eigenvalue weighted by atomic mass is 10.2. The monoisotopic (exact) mass is 249 g/mol. The van der Waals surface area contributed by atoms with E-state index in [1.165, 1.54) is 4.68 Å². The van der Waals surface area contributed by atoms with Crippen LogP contribution in [0.1, 0.15) is 24.4 Å². The molecule has 0 spiro atoms. The van der Waals surface area contributed by atoms with Gasteiger partial charge in [-0.1, -0.05) is 5.21 Å². The number of furan rings is 1. The van der Waals surface area contributed by atoms with E-state index >= 15 is 0 Å². The first kappa shape index (κ1) is 12.3. The Morgan fingerprint density at radius 3 is 3.11 bits per heavy atom. The number of aromatic nitrogens is 3. The molecular formula is C11H15N5O2. The fraction of sp³-hybridized carbons (Fsp3) is 0.364. The molecule has 1 amide bonds. The minimum absolute atomic E-state index is 0.109. The second-order valence-electron chi connectivity index (χ2n) is 3.92. The molecule has 0 saturated heterocycles. The average molecular weight is 249 g/mol. The zero-order chi connectivity index (χ0) is 13.0. The highest BCUT2D eigenvalue weighted by atomic mass is 16.3. The van der Waals surface area contributed by atoms with Crippen molar-refractivity contribution < 1.29 is 9.21 Å². The van der Waals surface area contributed by atoms with Gasteiger partial charge in [0.1, 0.15) is 12.3 Å². The number of carbonyl (C=O) groups excluding carboxylic acids is 1. The van der Waals surface area contributed by atoms with Gasteiger partial charge in [-0.05, 0) is 19.1 Å². The quantitative estimate of drug-likeness (QED) is 0.789. The van der Waals surface area contributed by atoms with Gasteiger partial charge in [0, 0.05) is 6.54 Å². The van der Waals surface area contributed by atoms with Crippen molar-refractivity contribution in [1.29, 1.82) is 0 Å². The predicted molar refractivity (Wildman–Crippen MR) is 63.2 cm³/mol. The Morgan fingerprint density at radius 1 is 1.67 bits per heavy atom. The molecule has 0 aliphatic carbocycles. The van der Waals surface area contributed by atoms with Gasteiger partial charge < -0.3 is 15.5 Å². The highest BCUT2D eigenvalue weighted by molar-refractivity contribution is 5.76. The smallest absolute Gasteiger partial charge is 0.242 e. The van der Waals surface area contributed by atoms with Gasteiger partial charge in [-0.15, -0.1) is 5.10 Å². The van der Waals surface area contributed by atoms with Gasteiger partial charge in [-0.2, -0.15) is 0 Å². The lowest BCUT2D eigenvalue weighted by Crippen LogP contribution is -2.30. The first-order valence-electron chi connectivity index (χ1n) is 5.61. The van der Waals surface area contributed by atoms with Crippen LogP contribution in [0.2, 0.25) is 0 Å². The van der Waals surface area contributed by atoms with Crippen LogP contribution in [0.4, 0.5) is 0 Å². The molecule has 0 fully saturated rings. The van der Waals surface area contributed by atoms with Gasteiger partial charge in [0.05, 0.1) is 24.2 Å².